The van der Waals surface area contributed by atoms with Crippen molar-refractivity contribution in [3.05, 3.63) is 59.4 Å². The first-order chi connectivity index (χ1) is 16.8. The second-order valence-corrected chi connectivity index (χ2v) is 9.05. The summed E-state index contributed by atoms with van der Waals surface area (Å²) in [6, 6.07) is 8.40. The average molecular weight is 486 g/mol. The minimum Gasteiger partial charge on any atom is -0.463 e. The Balaban J connectivity index is 1.51. The van der Waals surface area contributed by atoms with Crippen LogP contribution in [0, 0.1) is 5.41 Å². The minimum atomic E-state index is -4.45. The number of hydrogen-bond acceptors (Lipinski definition) is 7. The van der Waals surface area contributed by atoms with Gasteiger partial charge in [-0.2, -0.15) is 18.2 Å². The molecule has 184 valence electrons. The lowest BCUT2D eigenvalue weighted by Crippen LogP contribution is -2.60. The normalized spacial score (nSPS) is 16.5. The Hall–Kier alpha value is -3.56. The van der Waals surface area contributed by atoms with Crippen molar-refractivity contribution < 1.29 is 27.1 Å². The zero-order valence-electron chi connectivity index (χ0n) is 19.2. The van der Waals surface area contributed by atoms with Crippen molar-refractivity contribution in [2.75, 3.05) is 29.9 Å². The van der Waals surface area contributed by atoms with Crippen LogP contribution >= 0.6 is 0 Å². The van der Waals surface area contributed by atoms with Gasteiger partial charge in [0.15, 0.2) is 5.76 Å². The van der Waals surface area contributed by atoms with Gasteiger partial charge in [-0.05, 0) is 49.6 Å². The molecule has 1 aliphatic carbocycles. The molecule has 0 amide bonds. The molecule has 2 aromatic heterocycles. The van der Waals surface area contributed by atoms with Gasteiger partial charge in [-0.1, -0.05) is 18.6 Å². The minimum absolute atomic E-state index is 0.0221. The molecule has 1 aromatic carbocycles. The summed E-state index contributed by atoms with van der Waals surface area (Å²) >= 11 is 0. The number of halogens is 3. The highest BCUT2D eigenvalue weighted by atomic mass is 19.4. The maximum absolute atomic E-state index is 13.2. The van der Waals surface area contributed by atoms with Gasteiger partial charge >= 0.3 is 12.1 Å². The molecule has 2 fully saturated rings. The predicted molar refractivity (Wildman–Crippen MR) is 123 cm³/mol. The predicted octanol–water partition coefficient (Wildman–Crippen LogP) is 5.53. The Morgan fingerprint density at radius 3 is 2.63 bits per heavy atom. The third-order valence-corrected chi connectivity index (χ3v) is 6.60. The van der Waals surface area contributed by atoms with E-state index in [2.05, 4.69) is 20.2 Å². The first kappa shape index (κ1) is 23.2. The molecule has 0 unspecified atom stereocenters. The van der Waals surface area contributed by atoms with E-state index in [1.54, 1.807) is 25.1 Å². The van der Waals surface area contributed by atoms with Gasteiger partial charge in [0.25, 0.3) is 0 Å². The lowest BCUT2D eigenvalue weighted by Gasteiger charge is -2.55. The number of furan rings is 1. The van der Waals surface area contributed by atoms with E-state index in [-0.39, 0.29) is 30.2 Å². The maximum atomic E-state index is 13.2. The molecule has 1 spiro atoms. The van der Waals surface area contributed by atoms with Crippen LogP contribution in [0.2, 0.25) is 0 Å². The lowest BCUT2D eigenvalue weighted by atomic mass is 9.64. The second-order valence-electron chi connectivity index (χ2n) is 9.05. The van der Waals surface area contributed by atoms with E-state index in [0.29, 0.717) is 22.7 Å². The zero-order valence-corrected chi connectivity index (χ0v) is 19.2. The van der Waals surface area contributed by atoms with Gasteiger partial charge in [0, 0.05) is 25.0 Å². The van der Waals surface area contributed by atoms with Crippen molar-refractivity contribution in [1.82, 2.24) is 9.97 Å². The Bertz CT molecular complexity index is 1220. The number of nitrogens with one attached hydrogen (secondary N) is 1. The van der Waals surface area contributed by atoms with E-state index in [0.717, 1.165) is 25.2 Å². The zero-order chi connectivity index (χ0) is 24.6. The highest BCUT2D eigenvalue weighted by Gasteiger charge is 2.48. The summed E-state index contributed by atoms with van der Waals surface area (Å²) in [6.07, 6.45) is 0.606. The molecule has 1 aliphatic heterocycles. The van der Waals surface area contributed by atoms with Crippen molar-refractivity contribution >= 4 is 17.7 Å². The smallest absolute Gasteiger partial charge is 0.416 e. The summed E-state index contributed by atoms with van der Waals surface area (Å²) in [5.74, 6) is 0.356. The highest BCUT2D eigenvalue weighted by molar-refractivity contribution is 6.00. The van der Waals surface area contributed by atoms with Crippen LogP contribution in [0.1, 0.15) is 47.7 Å². The van der Waals surface area contributed by atoms with Crippen molar-refractivity contribution in [3.8, 4) is 11.5 Å². The summed E-state index contributed by atoms with van der Waals surface area (Å²) in [6.45, 7) is 3.51. The Labute approximate surface area is 200 Å². The topological polar surface area (TPSA) is 80.5 Å². The monoisotopic (exact) mass is 486 g/mol. The number of anilines is 2. The van der Waals surface area contributed by atoms with Crippen molar-refractivity contribution in [2.24, 2.45) is 5.41 Å². The van der Waals surface area contributed by atoms with E-state index in [1.165, 1.54) is 31.6 Å². The van der Waals surface area contributed by atoms with Crippen molar-refractivity contribution in [1.29, 1.82) is 0 Å². The summed E-state index contributed by atoms with van der Waals surface area (Å²) < 4.78 is 50.3. The molecule has 1 saturated carbocycles. The van der Waals surface area contributed by atoms with E-state index >= 15 is 0 Å². The molecule has 10 heteroatoms. The number of hydrogen-bond donors (Lipinski definition) is 1. The molecule has 1 saturated heterocycles. The summed E-state index contributed by atoms with van der Waals surface area (Å²) in [7, 11) is 0. The number of aromatic nitrogens is 2. The Kier molecular flexibility index (Phi) is 5.90. The number of carbonyl (C=O) groups is 1. The Morgan fingerprint density at radius 2 is 2.00 bits per heavy atom. The first-order valence-electron chi connectivity index (χ1n) is 11.6. The van der Waals surface area contributed by atoms with Gasteiger partial charge in [0.1, 0.15) is 17.1 Å². The quantitative estimate of drug-likeness (QED) is 0.440. The molecular weight excluding hydrogens is 461 g/mol. The third-order valence-electron chi connectivity index (χ3n) is 6.60. The van der Waals surface area contributed by atoms with Crippen molar-refractivity contribution in [3.63, 3.8) is 0 Å². The molecule has 0 bridgehead atoms. The first-order valence-corrected chi connectivity index (χ1v) is 11.6. The molecule has 0 atom stereocenters. The fraction of sp³-hybridized carbons (Fsp3) is 0.400. The van der Waals surface area contributed by atoms with E-state index in [1.807, 2.05) is 0 Å². The van der Waals surface area contributed by atoms with Crippen LogP contribution in [0.25, 0.3) is 11.5 Å². The molecule has 7 nitrogen and oxygen atoms in total. The molecule has 2 aliphatic rings. The largest absolute Gasteiger partial charge is 0.463 e. The lowest BCUT2D eigenvalue weighted by molar-refractivity contribution is -0.137. The van der Waals surface area contributed by atoms with E-state index in [4.69, 9.17) is 9.15 Å². The number of nitrogens with zero attached hydrogens (tertiary/aromatic N) is 3. The fourth-order valence-electron chi connectivity index (χ4n) is 4.65. The maximum Gasteiger partial charge on any atom is 0.416 e. The van der Waals surface area contributed by atoms with Gasteiger partial charge in [-0.25, -0.2) is 9.78 Å². The number of ether oxygens (including phenoxy) is 1. The number of esters is 1. The van der Waals surface area contributed by atoms with E-state index in [9.17, 15) is 18.0 Å². The molecular formula is C25H25F3N4O3. The number of benzene rings is 1. The van der Waals surface area contributed by atoms with Gasteiger partial charge in [-0.3, -0.25) is 0 Å². The molecule has 3 aromatic rings. The number of carbonyl (C=O) groups excluding carboxylic acids is 1. The number of alkyl halides is 3. The second kappa shape index (κ2) is 8.90. The van der Waals surface area contributed by atoms with Crippen molar-refractivity contribution in [2.45, 2.75) is 38.9 Å². The SMILES string of the molecule is CCOC(=O)c1c(NCc2cccc(C(F)(F)F)c2)nc(N2CC3(CCC3)C2)nc1-c1ccco1. The third kappa shape index (κ3) is 4.56. The molecule has 3 heterocycles. The standard InChI is InChI=1S/C25H25F3N4O3/c1-2-34-22(33)19-20(18-8-4-11-35-18)30-23(32-14-24(15-32)9-5-10-24)31-21(19)29-13-16-6-3-7-17(12-16)25(26,27)28/h3-4,6-8,11-12H,2,5,9-10,13-15H2,1H3,(H,29,30,31). The van der Waals surface area contributed by atoms with Gasteiger partial charge in [0.05, 0.1) is 18.4 Å². The fourth-order valence-corrected chi connectivity index (χ4v) is 4.65. The van der Waals surface area contributed by atoms with Crippen LogP contribution in [-0.2, 0) is 17.5 Å². The van der Waals surface area contributed by atoms with Gasteiger partial charge < -0.3 is 19.4 Å². The van der Waals surface area contributed by atoms with Crippen LogP contribution in [0.5, 0.6) is 0 Å². The molecule has 1 N–H and O–H groups in total. The number of rotatable bonds is 7. The molecule has 35 heavy (non-hydrogen) atoms. The summed E-state index contributed by atoms with van der Waals surface area (Å²) in [5.41, 5.74) is 0.329. The van der Waals surface area contributed by atoms with Crippen LogP contribution < -0.4 is 10.2 Å². The molecule has 0 radical (unpaired) electrons. The van der Waals surface area contributed by atoms with Crippen LogP contribution in [-0.4, -0.2) is 35.6 Å². The highest BCUT2D eigenvalue weighted by Crippen LogP contribution is 2.49. The van der Waals surface area contributed by atoms with Crippen LogP contribution in [0.3, 0.4) is 0 Å². The van der Waals surface area contributed by atoms with Gasteiger partial charge in [-0.15, -0.1) is 0 Å². The van der Waals surface area contributed by atoms with Crippen LogP contribution in [0.15, 0.2) is 47.1 Å². The Morgan fingerprint density at radius 1 is 1.20 bits per heavy atom. The average Bonchev–Trinajstić information content (AvgIpc) is 3.30. The molecule has 5 rings (SSSR count). The van der Waals surface area contributed by atoms with Crippen LogP contribution in [0.4, 0.5) is 24.9 Å². The summed E-state index contributed by atoms with van der Waals surface area (Å²) in [4.78, 5) is 24.3. The van der Waals surface area contributed by atoms with Gasteiger partial charge in [0.2, 0.25) is 5.95 Å². The summed E-state index contributed by atoms with van der Waals surface area (Å²) in [5, 5.41) is 3.05. The van der Waals surface area contributed by atoms with E-state index < -0.39 is 17.7 Å².